The van der Waals surface area contributed by atoms with Crippen molar-refractivity contribution >= 4 is 5.69 Å². The Kier molecular flexibility index (Phi) is 5.12. The van der Waals surface area contributed by atoms with E-state index in [0.717, 1.165) is 18.7 Å². The maximum absolute atomic E-state index is 5.78. The van der Waals surface area contributed by atoms with Crippen molar-refractivity contribution in [1.82, 2.24) is 4.90 Å². The summed E-state index contributed by atoms with van der Waals surface area (Å²) in [4.78, 5) is 2.29. The lowest BCUT2D eigenvalue weighted by Gasteiger charge is -2.23. The Morgan fingerprint density at radius 2 is 2.06 bits per heavy atom. The van der Waals surface area contributed by atoms with Gasteiger partial charge in [0.2, 0.25) is 0 Å². The third-order valence-corrected chi connectivity index (χ3v) is 2.96. The molecule has 3 nitrogen and oxygen atoms in total. The number of anilines is 1. The van der Waals surface area contributed by atoms with E-state index in [1.165, 1.54) is 0 Å². The molecule has 0 bridgehead atoms. The quantitative estimate of drug-likeness (QED) is 0.751. The van der Waals surface area contributed by atoms with Crippen molar-refractivity contribution < 1.29 is 4.74 Å². The van der Waals surface area contributed by atoms with Gasteiger partial charge in [-0.15, -0.1) is 0 Å². The Balaban J connectivity index is 2.33. The monoisotopic (exact) mass is 222 g/mol. The van der Waals surface area contributed by atoms with Crippen LogP contribution < -0.4 is 10.5 Å². The molecule has 0 aliphatic carbocycles. The molecule has 0 amide bonds. The second-order valence-electron chi connectivity index (χ2n) is 4.12. The first-order valence-corrected chi connectivity index (χ1v) is 5.82. The average Bonchev–Trinajstić information content (AvgIpc) is 2.30. The lowest BCUT2D eigenvalue weighted by atomic mass is 10.2. The van der Waals surface area contributed by atoms with Crippen molar-refractivity contribution in [2.75, 3.05) is 25.9 Å². The van der Waals surface area contributed by atoms with Crippen LogP contribution in [0.25, 0.3) is 0 Å². The van der Waals surface area contributed by atoms with E-state index >= 15 is 0 Å². The lowest BCUT2D eigenvalue weighted by molar-refractivity contribution is 0.197. The zero-order valence-electron chi connectivity index (χ0n) is 10.4. The molecule has 1 aromatic carbocycles. The molecule has 2 N–H and O–H groups in total. The standard InChI is InChI=1S/C13H22N2O/c1-4-11(2)15(3)9-10-16-13-8-6-5-7-12(13)14/h5-8,11H,4,9-10,14H2,1-3H3. The van der Waals surface area contributed by atoms with Crippen LogP contribution in [0, 0.1) is 0 Å². The van der Waals surface area contributed by atoms with Gasteiger partial charge in [0.15, 0.2) is 0 Å². The van der Waals surface area contributed by atoms with Crippen LogP contribution in [0.2, 0.25) is 0 Å². The largest absolute Gasteiger partial charge is 0.490 e. The maximum Gasteiger partial charge on any atom is 0.142 e. The highest BCUT2D eigenvalue weighted by Crippen LogP contribution is 2.19. The molecule has 1 unspecified atom stereocenters. The maximum atomic E-state index is 5.78. The van der Waals surface area contributed by atoms with Crippen LogP contribution in [-0.4, -0.2) is 31.1 Å². The van der Waals surface area contributed by atoms with Crippen molar-refractivity contribution in [2.24, 2.45) is 0 Å². The molecule has 16 heavy (non-hydrogen) atoms. The van der Waals surface area contributed by atoms with Gasteiger partial charge < -0.3 is 15.4 Å². The van der Waals surface area contributed by atoms with Gasteiger partial charge in [-0.1, -0.05) is 19.1 Å². The van der Waals surface area contributed by atoms with Crippen molar-refractivity contribution in [3.8, 4) is 5.75 Å². The molecule has 0 aliphatic heterocycles. The Bertz CT molecular complexity index is 315. The number of hydrogen-bond donors (Lipinski definition) is 1. The molecule has 0 fully saturated rings. The van der Waals surface area contributed by atoms with E-state index in [0.29, 0.717) is 18.3 Å². The molecule has 1 aromatic rings. The van der Waals surface area contributed by atoms with Crippen LogP contribution in [0.1, 0.15) is 20.3 Å². The number of likely N-dealkylation sites (N-methyl/N-ethyl adjacent to an activating group) is 1. The van der Waals surface area contributed by atoms with Gasteiger partial charge in [-0.25, -0.2) is 0 Å². The summed E-state index contributed by atoms with van der Waals surface area (Å²) in [6.07, 6.45) is 1.16. The predicted molar refractivity (Wildman–Crippen MR) is 68.7 cm³/mol. The van der Waals surface area contributed by atoms with Gasteiger partial charge >= 0.3 is 0 Å². The number of ether oxygens (including phenoxy) is 1. The van der Waals surface area contributed by atoms with Crippen molar-refractivity contribution in [2.45, 2.75) is 26.3 Å². The first-order chi connectivity index (χ1) is 7.65. The molecule has 0 saturated heterocycles. The molecular formula is C13H22N2O. The number of rotatable bonds is 6. The zero-order valence-corrected chi connectivity index (χ0v) is 10.4. The molecule has 0 saturated carbocycles. The number of para-hydroxylation sites is 2. The molecule has 0 aromatic heterocycles. The molecular weight excluding hydrogens is 200 g/mol. The minimum atomic E-state index is 0.594. The van der Waals surface area contributed by atoms with E-state index in [4.69, 9.17) is 10.5 Å². The molecule has 1 atom stereocenters. The van der Waals surface area contributed by atoms with Crippen LogP contribution in [0.5, 0.6) is 5.75 Å². The number of hydrogen-bond acceptors (Lipinski definition) is 3. The molecule has 0 radical (unpaired) electrons. The van der Waals surface area contributed by atoms with Crippen LogP contribution in [0.15, 0.2) is 24.3 Å². The third-order valence-electron chi connectivity index (χ3n) is 2.96. The number of benzene rings is 1. The molecule has 0 heterocycles. The first-order valence-electron chi connectivity index (χ1n) is 5.82. The molecule has 3 heteroatoms. The van der Waals surface area contributed by atoms with E-state index < -0.39 is 0 Å². The third kappa shape index (κ3) is 3.74. The Hall–Kier alpha value is -1.22. The summed E-state index contributed by atoms with van der Waals surface area (Å²) in [5.41, 5.74) is 6.49. The zero-order chi connectivity index (χ0) is 12.0. The van der Waals surface area contributed by atoms with Gasteiger partial charge in [-0.05, 0) is 32.5 Å². The highest BCUT2D eigenvalue weighted by atomic mass is 16.5. The summed E-state index contributed by atoms with van der Waals surface area (Å²) in [6.45, 7) is 6.01. The summed E-state index contributed by atoms with van der Waals surface area (Å²) in [5.74, 6) is 0.778. The Morgan fingerprint density at radius 3 is 2.69 bits per heavy atom. The predicted octanol–water partition coefficient (Wildman–Crippen LogP) is 2.38. The molecule has 0 aliphatic rings. The van der Waals surface area contributed by atoms with Gasteiger partial charge in [0.1, 0.15) is 12.4 Å². The first kappa shape index (κ1) is 12.8. The second kappa shape index (κ2) is 6.38. The summed E-state index contributed by atoms with van der Waals surface area (Å²) in [6, 6.07) is 8.20. The average molecular weight is 222 g/mol. The van der Waals surface area contributed by atoms with Crippen LogP contribution >= 0.6 is 0 Å². The van der Waals surface area contributed by atoms with Crippen LogP contribution in [0.3, 0.4) is 0 Å². The lowest BCUT2D eigenvalue weighted by Crippen LogP contribution is -2.32. The van der Waals surface area contributed by atoms with Gasteiger partial charge in [-0.3, -0.25) is 0 Å². The van der Waals surface area contributed by atoms with Crippen molar-refractivity contribution in [3.63, 3.8) is 0 Å². The summed E-state index contributed by atoms with van der Waals surface area (Å²) in [7, 11) is 2.12. The SMILES string of the molecule is CCC(C)N(C)CCOc1ccccc1N. The topological polar surface area (TPSA) is 38.5 Å². The number of nitrogens with two attached hydrogens (primary N) is 1. The van der Waals surface area contributed by atoms with E-state index in [1.807, 2.05) is 24.3 Å². The van der Waals surface area contributed by atoms with Gasteiger partial charge in [0.25, 0.3) is 0 Å². The minimum absolute atomic E-state index is 0.594. The van der Waals surface area contributed by atoms with Gasteiger partial charge in [0, 0.05) is 12.6 Å². The van der Waals surface area contributed by atoms with Gasteiger partial charge in [-0.2, -0.15) is 0 Å². The second-order valence-corrected chi connectivity index (χ2v) is 4.12. The number of nitrogen functional groups attached to an aromatic ring is 1. The smallest absolute Gasteiger partial charge is 0.142 e. The normalized spacial score (nSPS) is 12.8. The fourth-order valence-corrected chi connectivity index (χ4v) is 1.44. The highest BCUT2D eigenvalue weighted by Gasteiger charge is 2.06. The van der Waals surface area contributed by atoms with E-state index in [9.17, 15) is 0 Å². The fourth-order valence-electron chi connectivity index (χ4n) is 1.44. The van der Waals surface area contributed by atoms with E-state index in [1.54, 1.807) is 0 Å². The van der Waals surface area contributed by atoms with Crippen LogP contribution in [0.4, 0.5) is 5.69 Å². The summed E-state index contributed by atoms with van der Waals surface area (Å²) in [5, 5.41) is 0. The van der Waals surface area contributed by atoms with E-state index in [2.05, 4.69) is 25.8 Å². The summed E-state index contributed by atoms with van der Waals surface area (Å²) < 4.78 is 5.64. The van der Waals surface area contributed by atoms with Crippen LogP contribution in [-0.2, 0) is 0 Å². The highest BCUT2D eigenvalue weighted by molar-refractivity contribution is 5.51. The fraction of sp³-hybridized carbons (Fsp3) is 0.538. The Labute approximate surface area is 98.2 Å². The van der Waals surface area contributed by atoms with Crippen molar-refractivity contribution in [3.05, 3.63) is 24.3 Å². The summed E-state index contributed by atoms with van der Waals surface area (Å²) >= 11 is 0. The Morgan fingerprint density at radius 1 is 1.38 bits per heavy atom. The molecule has 90 valence electrons. The molecule has 1 rings (SSSR count). The van der Waals surface area contributed by atoms with Crippen molar-refractivity contribution in [1.29, 1.82) is 0 Å². The molecule has 0 spiro atoms. The minimum Gasteiger partial charge on any atom is -0.490 e. The van der Waals surface area contributed by atoms with E-state index in [-0.39, 0.29) is 0 Å². The van der Waals surface area contributed by atoms with Gasteiger partial charge in [0.05, 0.1) is 5.69 Å². The number of nitrogens with zero attached hydrogens (tertiary/aromatic N) is 1.